The van der Waals surface area contributed by atoms with Crippen LogP contribution in [0.15, 0.2) is 12.2 Å². The van der Waals surface area contributed by atoms with Crippen molar-refractivity contribution < 1.29 is 144 Å². The van der Waals surface area contributed by atoms with Crippen LogP contribution in [-0.2, 0) is 57.0 Å². The summed E-state index contributed by atoms with van der Waals surface area (Å²) in [7, 11) is 0. The number of ether oxygens (including phenoxy) is 10. The fourth-order valence-corrected chi connectivity index (χ4v) is 17.2. The van der Waals surface area contributed by atoms with E-state index in [1.165, 1.54) is 13.8 Å². The van der Waals surface area contributed by atoms with Crippen LogP contribution < -0.4 is 0 Å². The van der Waals surface area contributed by atoms with Crippen LogP contribution in [0.5, 0.6) is 0 Å². The minimum Gasteiger partial charge on any atom is -0.481 e. The quantitative estimate of drug-likeness (QED) is 0.0352. The minimum absolute atomic E-state index is 0.101. The van der Waals surface area contributed by atoms with Gasteiger partial charge in [-0.3, -0.25) is 4.79 Å². The molecule has 5 aliphatic heterocycles. The van der Waals surface area contributed by atoms with Gasteiger partial charge in [0.1, 0.15) is 104 Å². The summed E-state index contributed by atoms with van der Waals surface area (Å²) in [5.74, 6) is -4.24. The summed E-state index contributed by atoms with van der Waals surface area (Å²) in [6.07, 6.45) is -40.5. The van der Waals surface area contributed by atoms with Crippen molar-refractivity contribution >= 4 is 11.9 Å². The van der Waals surface area contributed by atoms with Crippen molar-refractivity contribution in [2.45, 2.75) is 278 Å². The maximum absolute atomic E-state index is 14.6. The van der Waals surface area contributed by atoms with E-state index in [0.717, 1.165) is 0 Å². The first kappa shape index (κ1) is 70.0. The zero-order chi connectivity index (χ0) is 64.8. The van der Waals surface area contributed by atoms with Gasteiger partial charge < -0.3 is 134 Å². The van der Waals surface area contributed by atoms with E-state index >= 15 is 0 Å². The molecule has 88 heavy (non-hydrogen) atoms. The number of carboxylic acid groups (broad SMARTS) is 1. The number of rotatable bonds is 18. The Kier molecular flexibility index (Phi) is 21.1. The molecule has 4 aliphatic carbocycles. The number of aliphatic hydroxyl groups is 16. The van der Waals surface area contributed by atoms with Crippen molar-refractivity contribution in [1.82, 2.24) is 0 Å². The molecule has 17 N–H and O–H groups in total. The molecular formula is C59H96O29. The van der Waals surface area contributed by atoms with E-state index in [9.17, 15) is 96.4 Å². The SMILES string of the molecule is C=C(C)C(O)CCC(O)(C(=O)OC1OC(CO)C(O)C(O)C1O)C1CCC2(C)C1CCC1C3(C)CCC(OC4OCC(O)C(OC5OC(COC6OC(C)C(O)C(O)C6O)C(O)C(O)C5O)C4OC4OC(C)C(O)C(O)C4O)C(C)(C(=O)O)C3CCC12C. The van der Waals surface area contributed by atoms with Gasteiger partial charge in [0, 0.05) is 5.92 Å². The smallest absolute Gasteiger partial charge is 0.340 e. The van der Waals surface area contributed by atoms with E-state index in [1.54, 1.807) is 13.8 Å². The largest absolute Gasteiger partial charge is 0.481 e. The highest BCUT2D eigenvalue weighted by Crippen LogP contribution is 2.76. The van der Waals surface area contributed by atoms with Gasteiger partial charge in [-0.05, 0) is 126 Å². The van der Waals surface area contributed by atoms with Gasteiger partial charge in [-0.25, -0.2) is 4.79 Å². The molecule has 5 saturated heterocycles. The van der Waals surface area contributed by atoms with Crippen molar-refractivity contribution in [3.63, 3.8) is 0 Å². The Balaban J connectivity index is 0.965. The number of carbonyl (C=O) groups is 2. The molecule has 9 rings (SSSR count). The summed E-state index contributed by atoms with van der Waals surface area (Å²) in [4.78, 5) is 28.8. The highest BCUT2D eigenvalue weighted by atomic mass is 16.8. The summed E-state index contributed by atoms with van der Waals surface area (Å²) in [6.45, 7) is 14.2. The molecule has 506 valence electrons. The number of aliphatic hydroxyl groups excluding tert-OH is 15. The van der Waals surface area contributed by atoms with Crippen molar-refractivity contribution in [1.29, 1.82) is 0 Å². The van der Waals surface area contributed by atoms with Crippen LogP contribution >= 0.6 is 0 Å². The van der Waals surface area contributed by atoms with Gasteiger partial charge in [0.05, 0.1) is 49.7 Å². The highest BCUT2D eigenvalue weighted by molar-refractivity contribution is 5.80. The Morgan fingerprint density at radius 3 is 1.74 bits per heavy atom. The number of hydrogen-bond acceptors (Lipinski definition) is 28. The molecule has 0 bridgehead atoms. The molecule has 29 heteroatoms. The lowest BCUT2D eigenvalue weighted by Crippen LogP contribution is -2.68. The highest BCUT2D eigenvalue weighted by Gasteiger charge is 2.73. The average Bonchev–Trinajstić information content (AvgIpc) is 1.16. The van der Waals surface area contributed by atoms with E-state index in [4.69, 9.17) is 47.4 Å². The van der Waals surface area contributed by atoms with Gasteiger partial charge in [-0.2, -0.15) is 0 Å². The first-order valence-corrected chi connectivity index (χ1v) is 30.9. The second-order valence-electron chi connectivity index (χ2n) is 27.7. The second-order valence-corrected chi connectivity index (χ2v) is 27.7. The topological polar surface area (TPSA) is 470 Å². The van der Waals surface area contributed by atoms with E-state index in [-0.39, 0.29) is 31.1 Å². The van der Waals surface area contributed by atoms with Crippen LogP contribution in [0.2, 0.25) is 0 Å². The number of aliphatic carboxylic acids is 1. The number of hydrogen-bond donors (Lipinski definition) is 17. The molecule has 5 heterocycles. The standard InChI is InChI=1S/C59H96O29/c1-22(2)27(61)12-18-59(78,54(77)88-51-45(74)40(69)36(65)29(19-60)83-51)26-11-16-56(6)25(26)9-10-31-55(5)15-14-33(58(8,53(75)76)32(55)13-17-57(31,56)7)85-52-47(87-49-43(72)39(68)35(64)24(4)82-49)46(28(62)20-79-52)86-50-44(73)41(70)37(66)30(84-50)21-80-48-42(71)38(67)34(63)23(3)81-48/h23-52,60-74,78H,1,9-21H2,2-8H3,(H,75,76). The molecule has 9 fully saturated rings. The molecule has 35 atom stereocenters. The Hall–Kier alpha value is -2.32. The monoisotopic (exact) mass is 1270 g/mol. The number of fused-ring (bicyclic) bond motifs is 5. The van der Waals surface area contributed by atoms with Crippen LogP contribution in [0.1, 0.15) is 113 Å². The fraction of sp³-hybridized carbons (Fsp3) is 0.932. The Bertz CT molecular complexity index is 2430. The molecule has 35 unspecified atom stereocenters. The molecule has 0 aromatic carbocycles. The molecule has 29 nitrogen and oxygen atoms in total. The summed E-state index contributed by atoms with van der Waals surface area (Å²) in [5.41, 5.74) is -5.44. The van der Waals surface area contributed by atoms with Crippen molar-refractivity contribution in [3.05, 3.63) is 12.2 Å². The number of carboxylic acids is 1. The summed E-state index contributed by atoms with van der Waals surface area (Å²) >= 11 is 0. The Morgan fingerprint density at radius 1 is 0.602 bits per heavy atom. The molecule has 0 radical (unpaired) electrons. The molecule has 0 amide bonds. The predicted octanol–water partition coefficient (Wildman–Crippen LogP) is -4.12. The van der Waals surface area contributed by atoms with Crippen molar-refractivity contribution in [2.75, 3.05) is 19.8 Å². The maximum atomic E-state index is 14.6. The maximum Gasteiger partial charge on any atom is 0.340 e. The zero-order valence-electron chi connectivity index (χ0n) is 50.7. The summed E-state index contributed by atoms with van der Waals surface area (Å²) in [5, 5.41) is 186. The van der Waals surface area contributed by atoms with Crippen LogP contribution in [0.3, 0.4) is 0 Å². The van der Waals surface area contributed by atoms with Crippen LogP contribution in [0.25, 0.3) is 0 Å². The Morgan fingerprint density at radius 2 is 1.14 bits per heavy atom. The van der Waals surface area contributed by atoms with Crippen LogP contribution in [-0.4, -0.2) is 284 Å². The van der Waals surface area contributed by atoms with Gasteiger partial charge >= 0.3 is 11.9 Å². The lowest BCUT2D eigenvalue weighted by molar-refractivity contribution is -0.389. The predicted molar refractivity (Wildman–Crippen MR) is 294 cm³/mol. The molecule has 0 aromatic heterocycles. The van der Waals surface area contributed by atoms with Gasteiger partial charge in [0.25, 0.3) is 0 Å². The van der Waals surface area contributed by atoms with E-state index in [2.05, 4.69) is 27.4 Å². The first-order valence-electron chi connectivity index (χ1n) is 30.9. The molecule has 0 spiro atoms. The minimum atomic E-state index is -2.29. The van der Waals surface area contributed by atoms with E-state index in [1.807, 2.05) is 0 Å². The van der Waals surface area contributed by atoms with Crippen molar-refractivity contribution in [2.24, 2.45) is 45.3 Å². The lowest BCUT2D eigenvalue weighted by Gasteiger charge is -2.69. The summed E-state index contributed by atoms with van der Waals surface area (Å²) < 4.78 is 59.6. The van der Waals surface area contributed by atoms with Gasteiger partial charge in [-0.15, -0.1) is 0 Å². The van der Waals surface area contributed by atoms with Crippen molar-refractivity contribution in [3.8, 4) is 0 Å². The molecule has 9 aliphatic rings. The number of carbonyl (C=O) groups excluding carboxylic acids is 1. The third-order valence-electron chi connectivity index (χ3n) is 22.9. The average molecular weight is 1270 g/mol. The molecule has 4 saturated carbocycles. The molecule has 0 aromatic rings. The van der Waals surface area contributed by atoms with E-state index in [0.29, 0.717) is 50.5 Å². The third-order valence-corrected chi connectivity index (χ3v) is 22.9. The third kappa shape index (κ3) is 12.1. The summed E-state index contributed by atoms with van der Waals surface area (Å²) in [6, 6.07) is 0. The second kappa shape index (κ2) is 26.5. The normalized spacial score (nSPS) is 52.5. The van der Waals surface area contributed by atoms with Gasteiger partial charge in [0.2, 0.25) is 6.29 Å². The van der Waals surface area contributed by atoms with Crippen LogP contribution in [0.4, 0.5) is 0 Å². The Labute approximate surface area is 509 Å². The first-order chi connectivity index (χ1) is 41.1. The lowest BCUT2D eigenvalue weighted by atomic mass is 9.35. The molecular weight excluding hydrogens is 1170 g/mol. The van der Waals surface area contributed by atoms with E-state index < -0.39 is 230 Å². The number of esters is 1. The van der Waals surface area contributed by atoms with Gasteiger partial charge in [-0.1, -0.05) is 32.9 Å². The zero-order valence-corrected chi connectivity index (χ0v) is 50.7. The fourth-order valence-electron chi connectivity index (χ4n) is 17.2. The van der Waals surface area contributed by atoms with Gasteiger partial charge in [0.15, 0.2) is 30.8 Å². The van der Waals surface area contributed by atoms with Crippen LogP contribution in [0, 0.1) is 45.3 Å².